The molecule has 1 heterocycles. The number of rotatable bonds is 4. The summed E-state index contributed by atoms with van der Waals surface area (Å²) >= 11 is 7.53. The van der Waals surface area contributed by atoms with Crippen LogP contribution in [0.5, 0.6) is 0 Å². The lowest BCUT2D eigenvalue weighted by molar-refractivity contribution is 0.570. The van der Waals surface area contributed by atoms with Gasteiger partial charge in [-0.05, 0) is 17.9 Å². The van der Waals surface area contributed by atoms with E-state index in [1.165, 1.54) is 0 Å². The first-order valence-electron chi connectivity index (χ1n) is 3.59. The summed E-state index contributed by atoms with van der Waals surface area (Å²) in [6, 6.07) is 1.96. The molecule has 0 aliphatic heterocycles. The molecule has 1 atom stereocenters. The summed E-state index contributed by atoms with van der Waals surface area (Å²) < 4.78 is 0. The van der Waals surface area contributed by atoms with Gasteiger partial charge in [0.25, 0.3) is 0 Å². The summed E-state index contributed by atoms with van der Waals surface area (Å²) in [6.45, 7) is 3.65. The first-order chi connectivity index (χ1) is 5.79. The van der Waals surface area contributed by atoms with Gasteiger partial charge < -0.3 is 0 Å². The van der Waals surface area contributed by atoms with Crippen molar-refractivity contribution in [1.82, 2.24) is 5.43 Å². The molecule has 66 valence electrons. The fourth-order valence-electron chi connectivity index (χ4n) is 0.972. The third kappa shape index (κ3) is 2.08. The molecule has 1 unspecified atom stereocenters. The van der Waals surface area contributed by atoms with Crippen molar-refractivity contribution in [3.05, 3.63) is 34.0 Å². The maximum absolute atomic E-state index is 5.93. The molecule has 0 bridgehead atoms. The fraction of sp³-hybridized carbons (Fsp3) is 0.250. The molecule has 0 radical (unpaired) electrons. The van der Waals surface area contributed by atoms with Crippen molar-refractivity contribution in [2.75, 3.05) is 0 Å². The lowest BCUT2D eigenvalue weighted by Gasteiger charge is -2.11. The van der Waals surface area contributed by atoms with Crippen LogP contribution in [0, 0.1) is 0 Å². The first-order valence-corrected chi connectivity index (χ1v) is 4.85. The average Bonchev–Trinajstić information content (AvgIpc) is 2.47. The molecule has 0 saturated carbocycles. The van der Waals surface area contributed by atoms with Crippen molar-refractivity contribution in [2.45, 2.75) is 12.5 Å². The maximum Gasteiger partial charge on any atom is 0.0602 e. The monoisotopic (exact) mass is 202 g/mol. The summed E-state index contributed by atoms with van der Waals surface area (Å²) in [5.74, 6) is 5.37. The van der Waals surface area contributed by atoms with E-state index in [0.717, 1.165) is 16.3 Å². The van der Waals surface area contributed by atoms with E-state index in [9.17, 15) is 0 Å². The van der Waals surface area contributed by atoms with E-state index in [4.69, 9.17) is 17.4 Å². The summed E-state index contributed by atoms with van der Waals surface area (Å²) in [4.78, 5) is 1.07. The van der Waals surface area contributed by atoms with E-state index >= 15 is 0 Å². The summed E-state index contributed by atoms with van der Waals surface area (Å²) in [6.07, 6.45) is 2.61. The Morgan fingerprint density at radius 3 is 3.00 bits per heavy atom. The highest BCUT2D eigenvalue weighted by Gasteiger charge is 2.12. The van der Waals surface area contributed by atoms with Crippen LogP contribution in [-0.4, -0.2) is 0 Å². The zero-order valence-electron chi connectivity index (χ0n) is 6.59. The smallest absolute Gasteiger partial charge is 0.0602 e. The van der Waals surface area contributed by atoms with Crippen LogP contribution in [0.1, 0.15) is 17.3 Å². The molecule has 0 aliphatic carbocycles. The Kier molecular flexibility index (Phi) is 3.75. The van der Waals surface area contributed by atoms with Crippen LogP contribution < -0.4 is 11.3 Å². The molecule has 4 heteroatoms. The van der Waals surface area contributed by atoms with Crippen LogP contribution in [-0.2, 0) is 0 Å². The molecule has 2 nitrogen and oxygen atoms in total. The van der Waals surface area contributed by atoms with Crippen molar-refractivity contribution in [2.24, 2.45) is 5.84 Å². The summed E-state index contributed by atoms with van der Waals surface area (Å²) in [5, 5.41) is 2.72. The molecule has 3 N–H and O–H groups in total. The normalized spacial score (nSPS) is 12.8. The summed E-state index contributed by atoms with van der Waals surface area (Å²) in [5.41, 5.74) is 2.70. The van der Waals surface area contributed by atoms with Crippen molar-refractivity contribution >= 4 is 22.9 Å². The summed E-state index contributed by atoms with van der Waals surface area (Å²) in [7, 11) is 0. The Hall–Kier alpha value is -0.350. The number of halogens is 1. The molecule has 0 amide bonds. The maximum atomic E-state index is 5.93. The van der Waals surface area contributed by atoms with Gasteiger partial charge >= 0.3 is 0 Å². The number of nitrogens with one attached hydrogen (secondary N) is 1. The van der Waals surface area contributed by atoms with E-state index < -0.39 is 0 Å². The molecule has 12 heavy (non-hydrogen) atoms. The van der Waals surface area contributed by atoms with E-state index in [2.05, 4.69) is 12.0 Å². The van der Waals surface area contributed by atoms with Gasteiger partial charge in [-0.3, -0.25) is 11.3 Å². The standard InChI is InChI=1S/C8H11ClN2S/c1-2-3-7(11-10)8-6(9)4-5-12-8/h2,4-5,7,11H,1,3,10H2. The highest BCUT2D eigenvalue weighted by molar-refractivity contribution is 7.10. The van der Waals surface area contributed by atoms with Crippen molar-refractivity contribution < 1.29 is 0 Å². The van der Waals surface area contributed by atoms with Crippen LogP contribution in [0.2, 0.25) is 5.02 Å². The molecule has 0 saturated heterocycles. The van der Waals surface area contributed by atoms with E-state index in [-0.39, 0.29) is 6.04 Å². The SMILES string of the molecule is C=CCC(NN)c1sccc1Cl. The van der Waals surface area contributed by atoms with Gasteiger partial charge in [0.2, 0.25) is 0 Å². The van der Waals surface area contributed by atoms with Crippen molar-refractivity contribution in [1.29, 1.82) is 0 Å². The van der Waals surface area contributed by atoms with Crippen LogP contribution in [0.15, 0.2) is 24.1 Å². The highest BCUT2D eigenvalue weighted by Crippen LogP contribution is 2.29. The van der Waals surface area contributed by atoms with Gasteiger partial charge in [-0.2, -0.15) is 0 Å². The number of thiophene rings is 1. The molecular weight excluding hydrogens is 192 g/mol. The fourth-order valence-corrected chi connectivity index (χ4v) is 2.23. The van der Waals surface area contributed by atoms with Crippen molar-refractivity contribution in [3.63, 3.8) is 0 Å². The van der Waals surface area contributed by atoms with Crippen LogP contribution >= 0.6 is 22.9 Å². The predicted molar refractivity (Wildman–Crippen MR) is 54.2 cm³/mol. The molecule has 0 fully saturated rings. The molecule has 1 rings (SSSR count). The first kappa shape index (κ1) is 9.74. The van der Waals surface area contributed by atoms with Gasteiger partial charge in [0.1, 0.15) is 0 Å². The minimum atomic E-state index is 0.0926. The van der Waals surface area contributed by atoms with Gasteiger partial charge in [-0.1, -0.05) is 17.7 Å². The quantitative estimate of drug-likeness (QED) is 0.447. The highest BCUT2D eigenvalue weighted by atomic mass is 35.5. The van der Waals surface area contributed by atoms with Crippen molar-refractivity contribution in [3.8, 4) is 0 Å². The van der Waals surface area contributed by atoms with Gasteiger partial charge in [0.05, 0.1) is 11.1 Å². The zero-order chi connectivity index (χ0) is 8.97. The van der Waals surface area contributed by atoms with Gasteiger partial charge in [-0.15, -0.1) is 17.9 Å². The third-order valence-corrected chi connectivity index (χ3v) is 3.04. The van der Waals surface area contributed by atoms with E-state index in [1.54, 1.807) is 11.3 Å². The van der Waals surface area contributed by atoms with E-state index in [0.29, 0.717) is 0 Å². The predicted octanol–water partition coefficient (Wildman–Crippen LogP) is 2.48. The Morgan fingerprint density at radius 1 is 1.83 bits per heavy atom. The third-order valence-electron chi connectivity index (χ3n) is 1.56. The second-order valence-corrected chi connectivity index (χ2v) is 3.73. The molecule has 0 aliphatic rings. The second kappa shape index (κ2) is 4.62. The van der Waals surface area contributed by atoms with Crippen LogP contribution in [0.3, 0.4) is 0 Å². The second-order valence-electron chi connectivity index (χ2n) is 2.38. The molecular formula is C8H11ClN2S. The Balaban J connectivity index is 2.78. The van der Waals surface area contributed by atoms with Gasteiger partial charge in [0, 0.05) is 4.88 Å². The van der Waals surface area contributed by atoms with Gasteiger partial charge in [-0.25, -0.2) is 0 Å². The molecule has 0 aromatic carbocycles. The molecule has 1 aromatic heterocycles. The average molecular weight is 203 g/mol. The number of hydrogen-bond donors (Lipinski definition) is 2. The number of hydrogen-bond acceptors (Lipinski definition) is 3. The Morgan fingerprint density at radius 2 is 2.58 bits per heavy atom. The van der Waals surface area contributed by atoms with Gasteiger partial charge in [0.15, 0.2) is 0 Å². The number of nitrogens with two attached hydrogens (primary N) is 1. The molecule has 0 spiro atoms. The Labute approximate surface area is 81.0 Å². The lowest BCUT2D eigenvalue weighted by atomic mass is 10.2. The van der Waals surface area contributed by atoms with E-state index in [1.807, 2.05) is 17.5 Å². The van der Waals surface area contributed by atoms with Crippen LogP contribution in [0.25, 0.3) is 0 Å². The molecule has 1 aromatic rings. The lowest BCUT2D eigenvalue weighted by Crippen LogP contribution is -2.27. The topological polar surface area (TPSA) is 38.0 Å². The zero-order valence-corrected chi connectivity index (χ0v) is 8.16. The Bertz CT molecular complexity index is 259. The van der Waals surface area contributed by atoms with Crippen LogP contribution in [0.4, 0.5) is 0 Å². The number of hydrazine groups is 1. The largest absolute Gasteiger partial charge is 0.271 e. The minimum Gasteiger partial charge on any atom is -0.271 e. The minimum absolute atomic E-state index is 0.0926.